The van der Waals surface area contributed by atoms with Crippen molar-refractivity contribution in [3.63, 3.8) is 0 Å². The lowest BCUT2D eigenvalue weighted by Gasteiger charge is -2.20. The average molecular weight is 226 g/mol. The number of anilines is 2. The molecular formula is C9H14N4O3. The third kappa shape index (κ3) is 2.57. The van der Waals surface area contributed by atoms with Crippen molar-refractivity contribution < 1.29 is 10.0 Å². The Hall–Kier alpha value is -1.89. The number of nitrogens with two attached hydrogens (primary N) is 1. The quantitative estimate of drug-likeness (QED) is 0.555. The van der Waals surface area contributed by atoms with Crippen molar-refractivity contribution >= 4 is 17.3 Å². The molecule has 0 atom stereocenters. The van der Waals surface area contributed by atoms with Gasteiger partial charge in [0, 0.05) is 19.2 Å². The second-order valence-corrected chi connectivity index (χ2v) is 3.13. The van der Waals surface area contributed by atoms with Gasteiger partial charge in [-0.3, -0.25) is 10.1 Å². The van der Waals surface area contributed by atoms with Crippen LogP contribution in [0.4, 0.5) is 17.3 Å². The lowest BCUT2D eigenvalue weighted by atomic mass is 10.3. The van der Waals surface area contributed by atoms with E-state index < -0.39 is 4.92 Å². The Labute approximate surface area is 92.7 Å². The monoisotopic (exact) mass is 226 g/mol. The SMILES string of the molecule is CCN(CCO)c1ccc([N+](=O)[O-])c(N)n1. The molecule has 0 unspecified atom stereocenters. The maximum absolute atomic E-state index is 10.5. The van der Waals surface area contributed by atoms with Gasteiger partial charge < -0.3 is 15.7 Å². The first-order valence-electron chi connectivity index (χ1n) is 4.86. The van der Waals surface area contributed by atoms with E-state index in [0.29, 0.717) is 18.9 Å². The number of rotatable bonds is 5. The number of aromatic nitrogens is 1. The minimum absolute atomic E-state index is 0.00753. The number of aliphatic hydroxyl groups excluding tert-OH is 1. The Morgan fingerprint density at radius 2 is 2.31 bits per heavy atom. The number of pyridine rings is 1. The lowest BCUT2D eigenvalue weighted by Crippen LogP contribution is -2.27. The molecule has 1 heterocycles. The van der Waals surface area contributed by atoms with Gasteiger partial charge in [-0.15, -0.1) is 0 Å². The minimum atomic E-state index is -0.575. The molecule has 88 valence electrons. The molecule has 7 nitrogen and oxygen atoms in total. The van der Waals surface area contributed by atoms with Gasteiger partial charge in [-0.1, -0.05) is 0 Å². The fraction of sp³-hybridized carbons (Fsp3) is 0.444. The summed E-state index contributed by atoms with van der Waals surface area (Å²) in [7, 11) is 0. The molecule has 1 rings (SSSR count). The van der Waals surface area contributed by atoms with Gasteiger partial charge in [-0.2, -0.15) is 0 Å². The van der Waals surface area contributed by atoms with E-state index >= 15 is 0 Å². The van der Waals surface area contributed by atoms with Crippen LogP contribution in [0.1, 0.15) is 6.92 Å². The summed E-state index contributed by atoms with van der Waals surface area (Å²) >= 11 is 0. The first-order valence-corrected chi connectivity index (χ1v) is 4.86. The van der Waals surface area contributed by atoms with Gasteiger partial charge in [0.05, 0.1) is 11.5 Å². The normalized spacial score (nSPS) is 10.1. The third-order valence-electron chi connectivity index (χ3n) is 2.16. The molecule has 3 N–H and O–H groups in total. The fourth-order valence-electron chi connectivity index (χ4n) is 1.34. The molecule has 0 amide bonds. The Bertz CT molecular complexity index is 383. The second-order valence-electron chi connectivity index (χ2n) is 3.13. The summed E-state index contributed by atoms with van der Waals surface area (Å²) < 4.78 is 0. The van der Waals surface area contributed by atoms with Crippen molar-refractivity contribution in [1.29, 1.82) is 0 Å². The third-order valence-corrected chi connectivity index (χ3v) is 2.16. The number of hydrogen-bond donors (Lipinski definition) is 2. The molecule has 0 bridgehead atoms. The van der Waals surface area contributed by atoms with Crippen LogP contribution in [0.15, 0.2) is 12.1 Å². The van der Waals surface area contributed by atoms with Crippen LogP contribution in [0.25, 0.3) is 0 Å². The van der Waals surface area contributed by atoms with Crippen LogP contribution in [0.2, 0.25) is 0 Å². The van der Waals surface area contributed by atoms with Gasteiger partial charge in [-0.25, -0.2) is 4.98 Å². The number of hydrogen-bond acceptors (Lipinski definition) is 6. The molecule has 16 heavy (non-hydrogen) atoms. The van der Waals surface area contributed by atoms with Crippen molar-refractivity contribution in [2.45, 2.75) is 6.92 Å². The van der Waals surface area contributed by atoms with Crippen molar-refractivity contribution in [1.82, 2.24) is 4.98 Å². The van der Waals surface area contributed by atoms with Crippen LogP contribution in [0.3, 0.4) is 0 Å². The van der Waals surface area contributed by atoms with Gasteiger partial charge >= 0.3 is 5.69 Å². The predicted molar refractivity (Wildman–Crippen MR) is 60.3 cm³/mol. The Kier molecular flexibility index (Phi) is 4.01. The fourth-order valence-corrected chi connectivity index (χ4v) is 1.34. The number of nitrogens with zero attached hydrogens (tertiary/aromatic N) is 3. The standard InChI is InChI=1S/C9H14N4O3/c1-2-12(5-6-14)8-4-3-7(13(15)16)9(10)11-8/h3-4,14H,2,5-6H2,1H3,(H2,10,11). The Morgan fingerprint density at radius 3 is 2.75 bits per heavy atom. The highest BCUT2D eigenvalue weighted by Crippen LogP contribution is 2.22. The zero-order valence-corrected chi connectivity index (χ0v) is 8.96. The zero-order chi connectivity index (χ0) is 12.1. The van der Waals surface area contributed by atoms with E-state index in [-0.39, 0.29) is 18.1 Å². The number of aliphatic hydroxyl groups is 1. The average Bonchev–Trinajstić information content (AvgIpc) is 2.25. The number of nitro groups is 1. The van der Waals surface area contributed by atoms with Crippen LogP contribution in [0.5, 0.6) is 0 Å². The number of nitrogen functional groups attached to an aromatic ring is 1. The largest absolute Gasteiger partial charge is 0.395 e. The molecular weight excluding hydrogens is 212 g/mol. The van der Waals surface area contributed by atoms with Gasteiger partial charge in [-0.05, 0) is 13.0 Å². The molecule has 0 aliphatic rings. The molecule has 1 aromatic heterocycles. The van der Waals surface area contributed by atoms with E-state index in [9.17, 15) is 10.1 Å². The molecule has 0 spiro atoms. The van der Waals surface area contributed by atoms with Crippen LogP contribution in [0, 0.1) is 10.1 Å². The van der Waals surface area contributed by atoms with Crippen molar-refractivity contribution in [2.75, 3.05) is 30.3 Å². The van der Waals surface area contributed by atoms with Gasteiger partial charge in [0.15, 0.2) is 0 Å². The van der Waals surface area contributed by atoms with Crippen LogP contribution >= 0.6 is 0 Å². The van der Waals surface area contributed by atoms with E-state index in [4.69, 9.17) is 10.8 Å². The molecule has 0 saturated carbocycles. The molecule has 1 aromatic rings. The summed E-state index contributed by atoms with van der Waals surface area (Å²) in [5, 5.41) is 19.4. The molecule has 0 fully saturated rings. The minimum Gasteiger partial charge on any atom is -0.395 e. The van der Waals surface area contributed by atoms with Crippen LogP contribution in [-0.2, 0) is 0 Å². The molecule has 0 aromatic carbocycles. The van der Waals surface area contributed by atoms with Crippen molar-refractivity contribution in [3.8, 4) is 0 Å². The summed E-state index contributed by atoms with van der Waals surface area (Å²) in [5.74, 6) is 0.415. The number of likely N-dealkylation sites (N-methyl/N-ethyl adjacent to an activating group) is 1. The summed E-state index contributed by atoms with van der Waals surface area (Å²) in [6.07, 6.45) is 0. The van der Waals surface area contributed by atoms with E-state index in [2.05, 4.69) is 4.98 Å². The predicted octanol–water partition coefficient (Wildman–Crippen LogP) is 0.391. The first-order chi connectivity index (χ1) is 7.60. The highest BCUT2D eigenvalue weighted by molar-refractivity contribution is 5.57. The zero-order valence-electron chi connectivity index (χ0n) is 8.96. The maximum atomic E-state index is 10.5. The summed E-state index contributed by atoms with van der Waals surface area (Å²) in [5.41, 5.74) is 5.26. The first kappa shape index (κ1) is 12.2. The van der Waals surface area contributed by atoms with Gasteiger partial charge in [0.1, 0.15) is 5.82 Å². The van der Waals surface area contributed by atoms with Crippen molar-refractivity contribution in [3.05, 3.63) is 22.2 Å². The van der Waals surface area contributed by atoms with E-state index in [0.717, 1.165) is 0 Å². The Morgan fingerprint density at radius 1 is 1.62 bits per heavy atom. The Balaban J connectivity index is 2.99. The van der Waals surface area contributed by atoms with Gasteiger partial charge in [0.2, 0.25) is 5.82 Å². The highest BCUT2D eigenvalue weighted by atomic mass is 16.6. The molecule has 0 aliphatic carbocycles. The molecule has 0 radical (unpaired) electrons. The summed E-state index contributed by atoms with van der Waals surface area (Å²) in [6.45, 7) is 2.95. The molecule has 0 aliphatic heterocycles. The summed E-state index contributed by atoms with van der Waals surface area (Å²) in [4.78, 5) is 15.7. The molecule has 0 saturated heterocycles. The topological polar surface area (TPSA) is 106 Å². The lowest BCUT2D eigenvalue weighted by molar-refractivity contribution is -0.384. The van der Waals surface area contributed by atoms with Crippen molar-refractivity contribution in [2.24, 2.45) is 0 Å². The maximum Gasteiger partial charge on any atom is 0.311 e. The smallest absolute Gasteiger partial charge is 0.311 e. The summed E-state index contributed by atoms with van der Waals surface area (Å²) in [6, 6.07) is 2.84. The van der Waals surface area contributed by atoms with E-state index in [1.54, 1.807) is 4.90 Å². The van der Waals surface area contributed by atoms with E-state index in [1.165, 1.54) is 12.1 Å². The highest BCUT2D eigenvalue weighted by Gasteiger charge is 2.14. The molecule has 7 heteroatoms. The van der Waals surface area contributed by atoms with Gasteiger partial charge in [0.25, 0.3) is 0 Å². The van der Waals surface area contributed by atoms with Crippen LogP contribution < -0.4 is 10.6 Å². The van der Waals surface area contributed by atoms with E-state index in [1.807, 2.05) is 6.92 Å². The second kappa shape index (κ2) is 5.26. The van der Waals surface area contributed by atoms with Crippen LogP contribution in [-0.4, -0.2) is 34.7 Å².